The zero-order valence-corrected chi connectivity index (χ0v) is 13.4. The number of hydrogen-bond donors (Lipinski definition) is 0. The molecule has 0 aliphatic rings. The Labute approximate surface area is 128 Å². The van der Waals surface area contributed by atoms with Gasteiger partial charge in [-0.1, -0.05) is 29.8 Å². The SMILES string of the molecule is Cc1ccc(/C(=N\N(C(C)C)C(C)C)C(=O)C(F)(F)F)cc1. The molecule has 0 spiro atoms. The standard InChI is InChI=1S/C16H21F3N2O/c1-10(2)21(11(3)4)20-14(15(22)16(17,18)19)13-8-6-12(5)7-9-13/h6-11H,1-5H3/b20-14+. The molecule has 0 aromatic heterocycles. The second kappa shape index (κ2) is 6.94. The van der Waals surface area contributed by atoms with E-state index in [9.17, 15) is 18.0 Å². The first-order valence-corrected chi connectivity index (χ1v) is 7.09. The number of ketones is 1. The van der Waals surface area contributed by atoms with Gasteiger partial charge in [0.25, 0.3) is 5.78 Å². The fourth-order valence-corrected chi connectivity index (χ4v) is 2.02. The molecule has 0 aliphatic carbocycles. The molecule has 0 N–H and O–H groups in total. The molecule has 1 rings (SSSR count). The molecule has 0 saturated heterocycles. The molecule has 0 atom stereocenters. The molecule has 0 radical (unpaired) electrons. The summed E-state index contributed by atoms with van der Waals surface area (Å²) in [5.74, 6) is -1.93. The Hall–Kier alpha value is -1.85. The minimum absolute atomic E-state index is 0.124. The molecule has 6 heteroatoms. The summed E-state index contributed by atoms with van der Waals surface area (Å²) in [6, 6.07) is 6.03. The third-order valence-electron chi connectivity index (χ3n) is 3.07. The third-order valence-corrected chi connectivity index (χ3v) is 3.07. The van der Waals surface area contributed by atoms with Crippen molar-refractivity contribution in [2.75, 3.05) is 0 Å². The van der Waals surface area contributed by atoms with Gasteiger partial charge in [-0.25, -0.2) is 0 Å². The van der Waals surface area contributed by atoms with Crippen LogP contribution in [0, 0.1) is 6.92 Å². The molecule has 22 heavy (non-hydrogen) atoms. The Morgan fingerprint density at radius 2 is 1.50 bits per heavy atom. The maximum atomic E-state index is 12.9. The average Bonchev–Trinajstić information content (AvgIpc) is 2.38. The Morgan fingerprint density at radius 1 is 1.05 bits per heavy atom. The van der Waals surface area contributed by atoms with Gasteiger partial charge in [-0.05, 0) is 34.6 Å². The molecule has 0 aliphatic heterocycles. The predicted octanol–water partition coefficient (Wildman–Crippen LogP) is 3.95. The normalized spacial score (nSPS) is 12.9. The number of carbonyl (C=O) groups is 1. The largest absolute Gasteiger partial charge is 0.456 e. The highest BCUT2D eigenvalue weighted by Gasteiger charge is 2.42. The molecular weight excluding hydrogens is 293 g/mol. The van der Waals surface area contributed by atoms with Crippen LogP contribution in [-0.4, -0.2) is 34.8 Å². The Kier molecular flexibility index (Phi) is 5.74. The third kappa shape index (κ3) is 4.58. The number of nitrogens with zero attached hydrogens (tertiary/aromatic N) is 2. The van der Waals surface area contributed by atoms with Crippen LogP contribution in [0.25, 0.3) is 0 Å². The van der Waals surface area contributed by atoms with E-state index in [4.69, 9.17) is 0 Å². The molecule has 3 nitrogen and oxygen atoms in total. The van der Waals surface area contributed by atoms with Gasteiger partial charge in [0.15, 0.2) is 0 Å². The molecule has 122 valence electrons. The number of Topliss-reactive ketones (excluding diaryl/α,β-unsaturated/α-hetero) is 1. The lowest BCUT2D eigenvalue weighted by Crippen LogP contribution is -2.38. The van der Waals surface area contributed by atoms with Crippen molar-refractivity contribution >= 4 is 11.5 Å². The van der Waals surface area contributed by atoms with Crippen molar-refractivity contribution in [3.63, 3.8) is 0 Å². The minimum atomic E-state index is -4.96. The number of rotatable bonds is 5. The number of aryl methyl sites for hydroxylation is 1. The minimum Gasteiger partial charge on any atom is -0.291 e. The lowest BCUT2D eigenvalue weighted by atomic mass is 10.0. The van der Waals surface area contributed by atoms with Crippen molar-refractivity contribution in [3.8, 4) is 0 Å². The maximum absolute atomic E-state index is 12.9. The van der Waals surface area contributed by atoms with Crippen LogP contribution in [0.15, 0.2) is 29.4 Å². The molecule has 0 amide bonds. The molecule has 1 aromatic rings. The molecular formula is C16H21F3N2O. The van der Waals surface area contributed by atoms with E-state index in [1.807, 2.05) is 34.6 Å². The summed E-state index contributed by atoms with van der Waals surface area (Å²) in [4.78, 5) is 11.7. The highest BCUT2D eigenvalue weighted by atomic mass is 19.4. The van der Waals surface area contributed by atoms with Crippen molar-refractivity contribution in [2.24, 2.45) is 5.10 Å². The summed E-state index contributed by atoms with van der Waals surface area (Å²) in [7, 11) is 0. The van der Waals surface area contributed by atoms with Crippen LogP contribution in [-0.2, 0) is 4.79 Å². The van der Waals surface area contributed by atoms with Gasteiger partial charge in [0.2, 0.25) is 0 Å². The quantitative estimate of drug-likeness (QED) is 0.609. The molecule has 0 fully saturated rings. The number of benzene rings is 1. The van der Waals surface area contributed by atoms with E-state index >= 15 is 0 Å². The van der Waals surface area contributed by atoms with E-state index in [-0.39, 0.29) is 17.6 Å². The van der Waals surface area contributed by atoms with Gasteiger partial charge < -0.3 is 0 Å². The van der Waals surface area contributed by atoms with Crippen LogP contribution in [0.5, 0.6) is 0 Å². The number of alkyl halides is 3. The van der Waals surface area contributed by atoms with Gasteiger partial charge in [-0.15, -0.1) is 0 Å². The zero-order valence-electron chi connectivity index (χ0n) is 13.4. The van der Waals surface area contributed by atoms with Crippen molar-refractivity contribution in [1.29, 1.82) is 0 Å². The number of hydrazone groups is 1. The van der Waals surface area contributed by atoms with Crippen LogP contribution in [0.2, 0.25) is 0 Å². The molecule has 1 aromatic carbocycles. The highest BCUT2D eigenvalue weighted by molar-refractivity contribution is 6.47. The molecule has 0 heterocycles. The Bertz CT molecular complexity index is 538. The van der Waals surface area contributed by atoms with E-state index in [0.29, 0.717) is 0 Å². The molecule has 0 bridgehead atoms. The fourth-order valence-electron chi connectivity index (χ4n) is 2.02. The van der Waals surface area contributed by atoms with Gasteiger partial charge in [0.05, 0.1) is 0 Å². The smallest absolute Gasteiger partial charge is 0.291 e. The van der Waals surface area contributed by atoms with Crippen LogP contribution < -0.4 is 0 Å². The Morgan fingerprint density at radius 3 is 1.86 bits per heavy atom. The van der Waals surface area contributed by atoms with Crippen LogP contribution in [0.1, 0.15) is 38.8 Å². The van der Waals surface area contributed by atoms with Gasteiger partial charge in [0, 0.05) is 17.6 Å². The summed E-state index contributed by atoms with van der Waals surface area (Å²) in [5.41, 5.74) is 0.487. The van der Waals surface area contributed by atoms with Gasteiger partial charge in [0.1, 0.15) is 5.71 Å². The van der Waals surface area contributed by atoms with Crippen molar-refractivity contribution < 1.29 is 18.0 Å². The van der Waals surface area contributed by atoms with E-state index in [0.717, 1.165) is 5.56 Å². The first kappa shape index (κ1) is 18.2. The number of halogens is 3. The molecule has 0 saturated carbocycles. The van der Waals surface area contributed by atoms with E-state index in [1.54, 1.807) is 12.1 Å². The molecule has 0 unspecified atom stereocenters. The Balaban J connectivity index is 3.39. The van der Waals surface area contributed by atoms with Crippen LogP contribution >= 0.6 is 0 Å². The summed E-state index contributed by atoms with van der Waals surface area (Å²) in [6.45, 7) is 9.08. The second-order valence-electron chi connectivity index (χ2n) is 5.71. The lowest BCUT2D eigenvalue weighted by Gasteiger charge is -2.28. The van der Waals surface area contributed by atoms with Gasteiger partial charge in [-0.2, -0.15) is 18.3 Å². The monoisotopic (exact) mass is 314 g/mol. The first-order chi connectivity index (χ1) is 10.0. The van der Waals surface area contributed by atoms with Crippen molar-refractivity contribution in [3.05, 3.63) is 35.4 Å². The summed E-state index contributed by atoms with van der Waals surface area (Å²) in [5, 5.41) is 5.52. The fraction of sp³-hybridized carbons (Fsp3) is 0.500. The summed E-state index contributed by atoms with van der Waals surface area (Å²) < 4.78 is 38.6. The van der Waals surface area contributed by atoms with Crippen molar-refractivity contribution in [2.45, 2.75) is 52.9 Å². The number of carbonyl (C=O) groups excluding carboxylic acids is 1. The summed E-state index contributed by atoms with van der Waals surface area (Å²) >= 11 is 0. The maximum Gasteiger partial charge on any atom is 0.456 e. The van der Waals surface area contributed by atoms with Gasteiger partial charge in [-0.3, -0.25) is 9.80 Å². The second-order valence-corrected chi connectivity index (χ2v) is 5.71. The van der Waals surface area contributed by atoms with E-state index in [1.165, 1.54) is 17.1 Å². The number of hydrogen-bond acceptors (Lipinski definition) is 3. The van der Waals surface area contributed by atoms with Crippen molar-refractivity contribution in [1.82, 2.24) is 5.01 Å². The lowest BCUT2D eigenvalue weighted by molar-refractivity contribution is -0.163. The van der Waals surface area contributed by atoms with Crippen LogP contribution in [0.4, 0.5) is 13.2 Å². The summed E-state index contributed by atoms with van der Waals surface area (Å²) in [6.07, 6.45) is -4.96. The predicted molar refractivity (Wildman–Crippen MR) is 80.9 cm³/mol. The first-order valence-electron chi connectivity index (χ1n) is 7.09. The zero-order chi connectivity index (χ0) is 17.1. The van der Waals surface area contributed by atoms with Crippen LogP contribution in [0.3, 0.4) is 0 Å². The average molecular weight is 314 g/mol. The van der Waals surface area contributed by atoms with Gasteiger partial charge >= 0.3 is 6.18 Å². The van der Waals surface area contributed by atoms with E-state index < -0.39 is 17.7 Å². The topological polar surface area (TPSA) is 32.7 Å². The highest BCUT2D eigenvalue weighted by Crippen LogP contribution is 2.21. The van der Waals surface area contributed by atoms with E-state index in [2.05, 4.69) is 5.10 Å².